The molecule has 120 valence electrons. The van der Waals surface area contributed by atoms with Crippen LogP contribution >= 0.6 is 12.4 Å². The van der Waals surface area contributed by atoms with Crippen LogP contribution in [0, 0.1) is 5.92 Å². The number of nitrogens with one attached hydrogen (secondary N) is 2. The normalized spacial score (nSPS) is 11.5. The molecule has 1 heterocycles. The Morgan fingerprint density at radius 2 is 1.95 bits per heavy atom. The predicted molar refractivity (Wildman–Crippen MR) is 90.0 cm³/mol. The number of benzene rings is 1. The van der Waals surface area contributed by atoms with Crippen LogP contribution < -0.4 is 10.6 Å². The number of hydrogen-bond donors (Lipinski definition) is 2. The zero-order valence-electron chi connectivity index (χ0n) is 13.0. The molecule has 0 saturated heterocycles. The fourth-order valence-corrected chi connectivity index (χ4v) is 2.11. The molecule has 0 radical (unpaired) electrons. The SMILES string of the molecule is CNCC(C)C(=O)NCc1ccc(Cn2cccn2)cc1.Cl. The lowest BCUT2D eigenvalue weighted by molar-refractivity contribution is -0.124. The number of halogens is 1. The van der Waals surface area contributed by atoms with E-state index >= 15 is 0 Å². The van der Waals surface area contributed by atoms with Crippen molar-refractivity contribution >= 4 is 18.3 Å². The summed E-state index contributed by atoms with van der Waals surface area (Å²) in [7, 11) is 1.85. The molecule has 0 bridgehead atoms. The van der Waals surface area contributed by atoms with E-state index in [1.54, 1.807) is 6.20 Å². The summed E-state index contributed by atoms with van der Waals surface area (Å²) in [5.41, 5.74) is 2.29. The predicted octanol–water partition coefficient (Wildman–Crippen LogP) is 1.82. The molecule has 0 spiro atoms. The van der Waals surface area contributed by atoms with Gasteiger partial charge in [0, 0.05) is 31.4 Å². The number of rotatable bonds is 7. The van der Waals surface area contributed by atoms with Crippen molar-refractivity contribution in [2.75, 3.05) is 13.6 Å². The minimum atomic E-state index is -0.0194. The van der Waals surface area contributed by atoms with Gasteiger partial charge in [0.15, 0.2) is 0 Å². The average molecular weight is 323 g/mol. The fraction of sp³-hybridized carbons (Fsp3) is 0.375. The third-order valence-corrected chi connectivity index (χ3v) is 3.35. The summed E-state index contributed by atoms with van der Waals surface area (Å²) in [6, 6.07) is 10.1. The highest BCUT2D eigenvalue weighted by Crippen LogP contribution is 2.06. The van der Waals surface area contributed by atoms with Crippen LogP contribution in [0.2, 0.25) is 0 Å². The molecule has 1 aromatic heterocycles. The van der Waals surface area contributed by atoms with E-state index in [1.165, 1.54) is 5.56 Å². The summed E-state index contributed by atoms with van der Waals surface area (Å²) in [5.74, 6) is 0.0547. The molecule has 1 amide bonds. The third-order valence-electron chi connectivity index (χ3n) is 3.35. The lowest BCUT2D eigenvalue weighted by Gasteiger charge is -2.12. The number of carbonyl (C=O) groups excluding carboxylic acids is 1. The van der Waals surface area contributed by atoms with Crippen LogP contribution in [0.3, 0.4) is 0 Å². The van der Waals surface area contributed by atoms with E-state index in [1.807, 2.05) is 43.0 Å². The summed E-state index contributed by atoms with van der Waals surface area (Å²) in [6.45, 7) is 3.93. The minimum absolute atomic E-state index is 0. The lowest BCUT2D eigenvalue weighted by Crippen LogP contribution is -2.33. The molecule has 2 N–H and O–H groups in total. The molecule has 2 aromatic rings. The summed E-state index contributed by atoms with van der Waals surface area (Å²) in [4.78, 5) is 11.8. The van der Waals surface area contributed by atoms with Gasteiger partial charge in [0.2, 0.25) is 5.91 Å². The number of nitrogens with zero attached hydrogens (tertiary/aromatic N) is 2. The Morgan fingerprint density at radius 1 is 1.27 bits per heavy atom. The topological polar surface area (TPSA) is 59.0 Å². The van der Waals surface area contributed by atoms with Crippen LogP contribution in [-0.2, 0) is 17.9 Å². The van der Waals surface area contributed by atoms with Gasteiger partial charge in [-0.2, -0.15) is 5.10 Å². The largest absolute Gasteiger partial charge is 0.352 e. The van der Waals surface area contributed by atoms with E-state index in [0.29, 0.717) is 13.1 Å². The smallest absolute Gasteiger partial charge is 0.224 e. The van der Waals surface area contributed by atoms with Crippen molar-refractivity contribution in [1.82, 2.24) is 20.4 Å². The first-order valence-electron chi connectivity index (χ1n) is 7.16. The zero-order valence-corrected chi connectivity index (χ0v) is 13.8. The maximum atomic E-state index is 11.8. The highest BCUT2D eigenvalue weighted by Gasteiger charge is 2.10. The van der Waals surface area contributed by atoms with E-state index in [-0.39, 0.29) is 24.2 Å². The van der Waals surface area contributed by atoms with Gasteiger partial charge >= 0.3 is 0 Å². The maximum absolute atomic E-state index is 11.8. The number of amides is 1. The molecule has 6 heteroatoms. The Hall–Kier alpha value is -1.85. The van der Waals surface area contributed by atoms with Crippen LogP contribution in [0.5, 0.6) is 0 Å². The molecule has 2 rings (SSSR count). The van der Waals surface area contributed by atoms with Gasteiger partial charge < -0.3 is 10.6 Å². The van der Waals surface area contributed by atoms with Crippen molar-refractivity contribution in [3.8, 4) is 0 Å². The zero-order chi connectivity index (χ0) is 15.1. The van der Waals surface area contributed by atoms with Gasteiger partial charge in [-0.05, 0) is 24.2 Å². The van der Waals surface area contributed by atoms with Crippen molar-refractivity contribution in [2.45, 2.75) is 20.0 Å². The minimum Gasteiger partial charge on any atom is -0.352 e. The first-order valence-corrected chi connectivity index (χ1v) is 7.16. The van der Waals surface area contributed by atoms with E-state index in [2.05, 4.69) is 27.9 Å². The van der Waals surface area contributed by atoms with Gasteiger partial charge in [0.05, 0.1) is 6.54 Å². The van der Waals surface area contributed by atoms with Gasteiger partial charge in [-0.25, -0.2) is 0 Å². The molecular formula is C16H23ClN4O. The van der Waals surface area contributed by atoms with E-state index in [0.717, 1.165) is 12.1 Å². The second-order valence-corrected chi connectivity index (χ2v) is 5.20. The van der Waals surface area contributed by atoms with Crippen LogP contribution in [0.25, 0.3) is 0 Å². The quantitative estimate of drug-likeness (QED) is 0.817. The lowest BCUT2D eigenvalue weighted by atomic mass is 10.1. The van der Waals surface area contributed by atoms with E-state index < -0.39 is 0 Å². The Labute approximate surface area is 137 Å². The number of hydrogen-bond acceptors (Lipinski definition) is 3. The Morgan fingerprint density at radius 3 is 2.55 bits per heavy atom. The van der Waals surface area contributed by atoms with Crippen molar-refractivity contribution in [2.24, 2.45) is 5.92 Å². The van der Waals surface area contributed by atoms with Crippen LogP contribution in [0.15, 0.2) is 42.7 Å². The molecule has 1 aromatic carbocycles. The summed E-state index contributed by atoms with van der Waals surface area (Å²) >= 11 is 0. The van der Waals surface area contributed by atoms with Gasteiger partial charge in [-0.15, -0.1) is 12.4 Å². The standard InChI is InChI=1S/C16H22N4O.ClH/c1-13(10-17-2)16(21)18-11-14-4-6-15(7-5-14)12-20-9-3-8-19-20;/h3-9,13,17H,10-12H2,1-2H3,(H,18,21);1H. The number of carbonyl (C=O) groups is 1. The third kappa shape index (κ3) is 5.50. The molecular weight excluding hydrogens is 300 g/mol. The maximum Gasteiger partial charge on any atom is 0.224 e. The first-order chi connectivity index (χ1) is 10.2. The van der Waals surface area contributed by atoms with Gasteiger partial charge in [0.25, 0.3) is 0 Å². The average Bonchev–Trinajstić information content (AvgIpc) is 2.99. The van der Waals surface area contributed by atoms with E-state index in [4.69, 9.17) is 0 Å². The molecule has 0 aliphatic heterocycles. The Balaban J connectivity index is 0.00000242. The molecule has 0 aliphatic rings. The Kier molecular flexibility index (Phi) is 7.63. The summed E-state index contributed by atoms with van der Waals surface area (Å²) < 4.78 is 1.89. The van der Waals surface area contributed by atoms with Crippen molar-refractivity contribution < 1.29 is 4.79 Å². The Bertz CT molecular complexity index is 554. The van der Waals surface area contributed by atoms with Gasteiger partial charge in [0.1, 0.15) is 0 Å². The van der Waals surface area contributed by atoms with Crippen LogP contribution in [0.1, 0.15) is 18.1 Å². The van der Waals surface area contributed by atoms with Gasteiger partial charge in [-0.3, -0.25) is 9.48 Å². The monoisotopic (exact) mass is 322 g/mol. The van der Waals surface area contributed by atoms with E-state index in [9.17, 15) is 4.79 Å². The molecule has 0 saturated carbocycles. The van der Waals surface area contributed by atoms with Gasteiger partial charge in [-0.1, -0.05) is 31.2 Å². The molecule has 5 nitrogen and oxygen atoms in total. The van der Waals surface area contributed by atoms with Crippen LogP contribution in [0.4, 0.5) is 0 Å². The molecule has 22 heavy (non-hydrogen) atoms. The number of aromatic nitrogens is 2. The molecule has 0 aliphatic carbocycles. The highest BCUT2D eigenvalue weighted by molar-refractivity contribution is 5.85. The second-order valence-electron chi connectivity index (χ2n) is 5.20. The van der Waals surface area contributed by atoms with Crippen molar-refractivity contribution in [1.29, 1.82) is 0 Å². The first kappa shape index (κ1) is 18.2. The van der Waals surface area contributed by atoms with Crippen molar-refractivity contribution in [3.05, 3.63) is 53.9 Å². The molecule has 1 atom stereocenters. The summed E-state index contributed by atoms with van der Waals surface area (Å²) in [6.07, 6.45) is 3.72. The fourth-order valence-electron chi connectivity index (χ4n) is 2.11. The highest BCUT2D eigenvalue weighted by atomic mass is 35.5. The van der Waals surface area contributed by atoms with Crippen molar-refractivity contribution in [3.63, 3.8) is 0 Å². The second kappa shape index (κ2) is 9.23. The molecule has 0 fully saturated rings. The van der Waals surface area contributed by atoms with Crippen LogP contribution in [-0.4, -0.2) is 29.3 Å². The summed E-state index contributed by atoms with van der Waals surface area (Å²) in [5, 5.41) is 10.1. The molecule has 1 unspecified atom stereocenters.